The van der Waals surface area contributed by atoms with Crippen LogP contribution in [0.3, 0.4) is 0 Å². The first-order chi connectivity index (χ1) is 23.2. The van der Waals surface area contributed by atoms with Crippen LogP contribution in [0.4, 0.5) is 0 Å². The molecule has 47 heavy (non-hydrogen) atoms. The molecule has 0 amide bonds. The molecule has 270 valence electrons. The molecule has 0 spiro atoms. The highest BCUT2D eigenvalue weighted by atomic mass is 16.6. The topological polar surface area (TPSA) is 55.8 Å². The summed E-state index contributed by atoms with van der Waals surface area (Å²) in [5, 5.41) is 9.55. The van der Waals surface area contributed by atoms with Gasteiger partial charge in [-0.1, -0.05) is 157 Å². The van der Waals surface area contributed by atoms with E-state index >= 15 is 0 Å². The number of aliphatic hydroxyl groups excluding tert-OH is 1. The molecule has 0 aliphatic carbocycles. The van der Waals surface area contributed by atoms with E-state index in [4.69, 9.17) is 9.47 Å². The number of rotatable bonds is 35. The predicted octanol–water partition coefficient (Wildman–Crippen LogP) is 12.6. The van der Waals surface area contributed by atoms with Gasteiger partial charge in [0.2, 0.25) is 0 Å². The lowest BCUT2D eigenvalue weighted by Crippen LogP contribution is -2.27. The molecule has 0 aliphatic heterocycles. The van der Waals surface area contributed by atoms with Crippen molar-refractivity contribution in [3.05, 3.63) is 72.9 Å². The van der Waals surface area contributed by atoms with Gasteiger partial charge >= 0.3 is 5.97 Å². The summed E-state index contributed by atoms with van der Waals surface area (Å²) in [6.07, 6.45) is 53.8. The number of unbranched alkanes of at least 4 members (excludes halogenated alkanes) is 15. The van der Waals surface area contributed by atoms with Crippen molar-refractivity contribution < 1.29 is 19.4 Å². The number of allylic oxidation sites excluding steroid dienone is 12. The summed E-state index contributed by atoms with van der Waals surface area (Å²) < 4.78 is 11.1. The molecule has 0 aliphatic rings. The zero-order valence-electron chi connectivity index (χ0n) is 30.8. The van der Waals surface area contributed by atoms with Crippen molar-refractivity contribution in [3.63, 3.8) is 0 Å². The molecule has 0 rings (SSSR count). The van der Waals surface area contributed by atoms with Crippen LogP contribution in [0, 0.1) is 0 Å². The van der Waals surface area contributed by atoms with Crippen LogP contribution >= 0.6 is 0 Å². The summed E-state index contributed by atoms with van der Waals surface area (Å²) in [5.41, 5.74) is 0. The normalized spacial score (nSPS) is 13.2. The zero-order chi connectivity index (χ0) is 34.1. The first-order valence-corrected chi connectivity index (χ1v) is 19.5. The molecule has 0 bridgehead atoms. The molecule has 4 nitrogen and oxygen atoms in total. The fourth-order valence-electron chi connectivity index (χ4n) is 5.10. The van der Waals surface area contributed by atoms with E-state index in [2.05, 4.69) is 86.8 Å². The van der Waals surface area contributed by atoms with Gasteiger partial charge in [-0.05, 0) is 77.0 Å². The van der Waals surface area contributed by atoms with Crippen molar-refractivity contribution in [2.75, 3.05) is 19.8 Å². The van der Waals surface area contributed by atoms with Gasteiger partial charge < -0.3 is 14.6 Å². The number of hydrogen-bond donors (Lipinski definition) is 1. The van der Waals surface area contributed by atoms with Crippen LogP contribution in [0.25, 0.3) is 0 Å². The first-order valence-electron chi connectivity index (χ1n) is 19.5. The summed E-state index contributed by atoms with van der Waals surface area (Å²) in [6, 6.07) is 0. The number of hydrogen-bond acceptors (Lipinski definition) is 4. The van der Waals surface area contributed by atoms with Crippen LogP contribution < -0.4 is 0 Å². The summed E-state index contributed by atoms with van der Waals surface area (Å²) in [7, 11) is 0. The molecule has 0 saturated carbocycles. The molecule has 0 aromatic heterocycles. The lowest BCUT2D eigenvalue weighted by Gasteiger charge is -2.15. The number of aliphatic hydroxyl groups is 1. The minimum absolute atomic E-state index is 0.182. The fourth-order valence-corrected chi connectivity index (χ4v) is 5.10. The Morgan fingerprint density at radius 3 is 1.47 bits per heavy atom. The summed E-state index contributed by atoms with van der Waals surface area (Å²) in [6.45, 7) is 5.15. The van der Waals surface area contributed by atoms with E-state index in [1.807, 2.05) is 0 Å². The van der Waals surface area contributed by atoms with Gasteiger partial charge in [0.1, 0.15) is 6.10 Å². The van der Waals surface area contributed by atoms with Crippen LogP contribution in [0.2, 0.25) is 0 Å². The Labute approximate surface area is 291 Å². The molecule has 0 aromatic rings. The van der Waals surface area contributed by atoms with Gasteiger partial charge in [-0.25, -0.2) is 0 Å². The molecule has 0 radical (unpaired) electrons. The third-order valence-electron chi connectivity index (χ3n) is 8.02. The van der Waals surface area contributed by atoms with Crippen LogP contribution in [0.1, 0.15) is 168 Å². The standard InChI is InChI=1S/C43H74O4/c1-3-5-7-9-11-13-15-16-17-18-19-20-21-22-23-24-25-26-27-29-31-33-35-37-39-46-41-42(40-44)47-43(45)38-36-34-32-30-28-14-12-10-8-6-4-2/h5,7,10-13,16-17,19-20,22-23,42,44H,3-4,6,8-9,14-15,18,21,24-41H2,1-2H3/b7-5-,12-10-,13-11-,17-16-,20-19-,23-22-. The van der Waals surface area contributed by atoms with Crippen molar-refractivity contribution in [1.29, 1.82) is 0 Å². The van der Waals surface area contributed by atoms with Crippen LogP contribution in [-0.2, 0) is 14.3 Å². The fraction of sp³-hybridized carbons (Fsp3) is 0.698. The SMILES string of the molecule is CC/C=C\C/C=C\C/C=C\C/C=C\C/C=C\CCCCCCCCCCOCC(CO)OC(=O)CCCCCCC/C=C\CCCC. The second-order valence-electron chi connectivity index (χ2n) is 12.6. The van der Waals surface area contributed by atoms with E-state index in [0.29, 0.717) is 13.0 Å². The van der Waals surface area contributed by atoms with E-state index in [1.54, 1.807) is 0 Å². The number of esters is 1. The summed E-state index contributed by atoms with van der Waals surface area (Å²) >= 11 is 0. The Balaban J connectivity index is 3.49. The maximum Gasteiger partial charge on any atom is 0.306 e. The van der Waals surface area contributed by atoms with Crippen molar-refractivity contribution in [3.8, 4) is 0 Å². The highest BCUT2D eigenvalue weighted by Crippen LogP contribution is 2.12. The molecule has 1 unspecified atom stereocenters. The quantitative estimate of drug-likeness (QED) is 0.0420. The lowest BCUT2D eigenvalue weighted by molar-refractivity contribution is -0.154. The molecule has 0 fully saturated rings. The number of ether oxygens (including phenoxy) is 2. The Morgan fingerprint density at radius 1 is 0.532 bits per heavy atom. The van der Waals surface area contributed by atoms with Crippen LogP contribution in [-0.4, -0.2) is 37.0 Å². The summed E-state index contributed by atoms with van der Waals surface area (Å²) in [4.78, 5) is 12.1. The molecule has 0 aromatic carbocycles. The molecular formula is C43H74O4. The monoisotopic (exact) mass is 655 g/mol. The van der Waals surface area contributed by atoms with Gasteiger partial charge in [-0.15, -0.1) is 0 Å². The van der Waals surface area contributed by atoms with E-state index in [9.17, 15) is 9.90 Å². The van der Waals surface area contributed by atoms with E-state index in [0.717, 1.165) is 64.2 Å². The lowest BCUT2D eigenvalue weighted by atomic mass is 10.1. The molecule has 4 heteroatoms. The van der Waals surface area contributed by atoms with Gasteiger partial charge in [0.05, 0.1) is 13.2 Å². The first kappa shape index (κ1) is 44.8. The van der Waals surface area contributed by atoms with Crippen LogP contribution in [0.15, 0.2) is 72.9 Å². The Kier molecular flexibility index (Phi) is 38.2. The van der Waals surface area contributed by atoms with Crippen molar-refractivity contribution in [2.45, 2.75) is 174 Å². The minimum atomic E-state index is -0.545. The van der Waals surface area contributed by atoms with Crippen LogP contribution in [0.5, 0.6) is 0 Å². The van der Waals surface area contributed by atoms with Gasteiger partial charge in [-0.2, -0.15) is 0 Å². The molecule has 1 N–H and O–H groups in total. The van der Waals surface area contributed by atoms with Gasteiger partial charge in [0.15, 0.2) is 0 Å². The maximum atomic E-state index is 12.1. The van der Waals surface area contributed by atoms with Gasteiger partial charge in [0.25, 0.3) is 0 Å². The van der Waals surface area contributed by atoms with E-state index in [-0.39, 0.29) is 19.2 Å². The molecule has 0 heterocycles. The van der Waals surface area contributed by atoms with Gasteiger partial charge in [-0.3, -0.25) is 4.79 Å². The zero-order valence-corrected chi connectivity index (χ0v) is 30.8. The minimum Gasteiger partial charge on any atom is -0.457 e. The second kappa shape index (κ2) is 40.0. The Morgan fingerprint density at radius 2 is 0.957 bits per heavy atom. The highest BCUT2D eigenvalue weighted by Gasteiger charge is 2.13. The van der Waals surface area contributed by atoms with Crippen molar-refractivity contribution in [2.24, 2.45) is 0 Å². The average molecular weight is 655 g/mol. The smallest absolute Gasteiger partial charge is 0.306 e. The molecular weight excluding hydrogens is 580 g/mol. The van der Waals surface area contributed by atoms with Gasteiger partial charge in [0, 0.05) is 13.0 Å². The Hall–Kier alpha value is -2.17. The van der Waals surface area contributed by atoms with E-state index in [1.165, 1.54) is 83.5 Å². The maximum absolute atomic E-state index is 12.1. The Bertz CT molecular complexity index is 820. The van der Waals surface area contributed by atoms with E-state index < -0.39 is 6.10 Å². The second-order valence-corrected chi connectivity index (χ2v) is 12.6. The predicted molar refractivity (Wildman–Crippen MR) is 205 cm³/mol. The highest BCUT2D eigenvalue weighted by molar-refractivity contribution is 5.69. The summed E-state index contributed by atoms with van der Waals surface area (Å²) in [5.74, 6) is -0.218. The number of carbonyl (C=O) groups is 1. The third-order valence-corrected chi connectivity index (χ3v) is 8.02. The molecule has 0 saturated heterocycles. The van der Waals surface area contributed by atoms with Crippen molar-refractivity contribution >= 4 is 5.97 Å². The average Bonchev–Trinajstić information content (AvgIpc) is 3.08. The third kappa shape index (κ3) is 38.2. The van der Waals surface area contributed by atoms with Crippen molar-refractivity contribution in [1.82, 2.24) is 0 Å². The molecule has 1 atom stereocenters. The largest absolute Gasteiger partial charge is 0.457 e. The number of carbonyl (C=O) groups excluding carboxylic acids is 1.